The molecule has 0 amide bonds. The predicted molar refractivity (Wildman–Crippen MR) is 44.5 cm³/mol. The minimum atomic E-state index is 0.399. The highest BCUT2D eigenvalue weighted by Gasteiger charge is 2.08. The zero-order valence-corrected chi connectivity index (χ0v) is 7.56. The topological polar surface area (TPSA) is 38.9 Å². The summed E-state index contributed by atoms with van der Waals surface area (Å²) in [5.74, 6) is 0. The Morgan fingerprint density at radius 2 is 2.27 bits per heavy atom. The molecule has 56 valence electrons. The van der Waals surface area contributed by atoms with Gasteiger partial charge in [-0.2, -0.15) is 0 Å². The largest absolute Gasteiger partial charge is 0.445 e. The summed E-state index contributed by atoms with van der Waals surface area (Å²) in [6.45, 7) is 0. The van der Waals surface area contributed by atoms with Crippen LogP contribution in [0.25, 0.3) is 11.1 Å². The van der Waals surface area contributed by atoms with Crippen molar-refractivity contribution in [3.63, 3.8) is 0 Å². The second-order valence-corrected chi connectivity index (χ2v) is 3.14. The van der Waals surface area contributed by atoms with Gasteiger partial charge >= 0.3 is 0 Å². The molecular formula is C6H2BrClN2O. The molecule has 0 aliphatic carbocycles. The molecule has 0 atom stereocenters. The normalized spacial score (nSPS) is 10.7. The van der Waals surface area contributed by atoms with Crippen LogP contribution in [0.3, 0.4) is 0 Å². The number of aromatic nitrogens is 2. The lowest BCUT2D eigenvalue weighted by molar-refractivity contribution is 0.600. The Kier molecular flexibility index (Phi) is 1.58. The van der Waals surface area contributed by atoms with E-state index < -0.39 is 0 Å². The number of nitrogens with zero attached hydrogens (tertiary/aromatic N) is 2. The highest BCUT2D eigenvalue weighted by molar-refractivity contribution is 9.10. The number of hydrogen-bond acceptors (Lipinski definition) is 3. The fourth-order valence-electron chi connectivity index (χ4n) is 0.806. The summed E-state index contributed by atoms with van der Waals surface area (Å²) < 4.78 is 5.82. The molecule has 0 saturated carbocycles. The van der Waals surface area contributed by atoms with Crippen molar-refractivity contribution in [1.29, 1.82) is 0 Å². The minimum Gasteiger partial charge on any atom is -0.445 e. The van der Waals surface area contributed by atoms with Crippen LogP contribution in [0.1, 0.15) is 0 Å². The third-order valence-electron chi connectivity index (χ3n) is 1.28. The quantitative estimate of drug-likeness (QED) is 0.657. The monoisotopic (exact) mass is 232 g/mol. The van der Waals surface area contributed by atoms with Crippen LogP contribution in [0.2, 0.25) is 5.15 Å². The molecule has 0 saturated heterocycles. The average Bonchev–Trinajstić information content (AvgIpc) is 2.34. The van der Waals surface area contributed by atoms with Gasteiger partial charge in [0.1, 0.15) is 17.7 Å². The van der Waals surface area contributed by atoms with E-state index in [0.717, 1.165) is 4.47 Å². The second-order valence-electron chi connectivity index (χ2n) is 1.93. The lowest BCUT2D eigenvalue weighted by Gasteiger charge is -1.88. The van der Waals surface area contributed by atoms with Gasteiger partial charge in [0.25, 0.3) is 0 Å². The molecule has 0 aliphatic heterocycles. The molecule has 2 aromatic heterocycles. The van der Waals surface area contributed by atoms with Crippen LogP contribution in [0, 0.1) is 0 Å². The zero-order valence-electron chi connectivity index (χ0n) is 5.21. The van der Waals surface area contributed by atoms with Crippen molar-refractivity contribution in [2.75, 3.05) is 0 Å². The summed E-state index contributed by atoms with van der Waals surface area (Å²) in [6, 6.07) is 0. The molecule has 0 aromatic carbocycles. The van der Waals surface area contributed by atoms with E-state index in [4.69, 9.17) is 16.0 Å². The number of hydrogen-bond donors (Lipinski definition) is 0. The van der Waals surface area contributed by atoms with Gasteiger partial charge in [0, 0.05) is 0 Å². The van der Waals surface area contributed by atoms with Crippen LogP contribution in [0.4, 0.5) is 0 Å². The maximum Gasteiger partial charge on any atom is 0.231 e. The minimum absolute atomic E-state index is 0.399. The standard InChI is InChI=1S/C6H2BrClN2O/c7-3-1-11-6-4(3)5(8)9-2-10-6/h1-2H. The molecule has 2 rings (SSSR count). The van der Waals surface area contributed by atoms with Gasteiger partial charge in [0.2, 0.25) is 5.71 Å². The number of rotatable bonds is 0. The van der Waals surface area contributed by atoms with E-state index >= 15 is 0 Å². The van der Waals surface area contributed by atoms with E-state index in [1.165, 1.54) is 12.6 Å². The summed E-state index contributed by atoms with van der Waals surface area (Å²) in [5, 5.41) is 1.12. The predicted octanol–water partition coefficient (Wildman–Crippen LogP) is 2.64. The first-order valence-corrected chi connectivity index (χ1v) is 3.99. The Hall–Kier alpha value is -0.610. The van der Waals surface area contributed by atoms with Crippen molar-refractivity contribution < 1.29 is 4.42 Å². The first-order valence-electron chi connectivity index (χ1n) is 2.82. The molecule has 0 spiro atoms. The molecule has 0 unspecified atom stereocenters. The van der Waals surface area contributed by atoms with Crippen LogP contribution >= 0.6 is 27.5 Å². The van der Waals surface area contributed by atoms with Crippen molar-refractivity contribution in [3.05, 3.63) is 22.2 Å². The summed E-state index contributed by atoms with van der Waals surface area (Å²) in [5.41, 5.74) is 0.497. The smallest absolute Gasteiger partial charge is 0.231 e. The Morgan fingerprint density at radius 3 is 3.00 bits per heavy atom. The van der Waals surface area contributed by atoms with E-state index in [2.05, 4.69) is 25.9 Å². The van der Waals surface area contributed by atoms with Gasteiger partial charge in [-0.3, -0.25) is 0 Å². The fraction of sp³-hybridized carbons (Fsp3) is 0. The number of furan rings is 1. The van der Waals surface area contributed by atoms with Crippen molar-refractivity contribution in [1.82, 2.24) is 9.97 Å². The second kappa shape index (κ2) is 2.46. The van der Waals surface area contributed by atoms with Crippen molar-refractivity contribution >= 4 is 38.6 Å². The van der Waals surface area contributed by atoms with Gasteiger partial charge < -0.3 is 4.42 Å². The first-order chi connectivity index (χ1) is 5.29. The Labute approximate surface area is 75.5 Å². The van der Waals surface area contributed by atoms with Crippen LogP contribution in [0.15, 0.2) is 21.5 Å². The van der Waals surface area contributed by atoms with Crippen LogP contribution in [0.5, 0.6) is 0 Å². The molecule has 0 radical (unpaired) electrons. The summed E-state index contributed by atoms with van der Waals surface area (Å²) in [6.07, 6.45) is 2.89. The van der Waals surface area contributed by atoms with Gasteiger partial charge in [-0.15, -0.1) is 0 Å². The van der Waals surface area contributed by atoms with Gasteiger partial charge in [-0.1, -0.05) is 11.6 Å². The SMILES string of the molecule is Clc1ncnc2occ(Br)c12. The molecule has 0 N–H and O–H groups in total. The molecule has 2 heterocycles. The number of halogens is 2. The summed E-state index contributed by atoms with van der Waals surface area (Å²) in [7, 11) is 0. The van der Waals surface area contributed by atoms with E-state index in [1.807, 2.05) is 0 Å². The van der Waals surface area contributed by atoms with E-state index in [-0.39, 0.29) is 0 Å². The van der Waals surface area contributed by atoms with Crippen molar-refractivity contribution in [2.24, 2.45) is 0 Å². The summed E-state index contributed by atoms with van der Waals surface area (Å²) >= 11 is 9.02. The first kappa shape index (κ1) is 7.06. The van der Waals surface area contributed by atoms with Gasteiger partial charge in [0.15, 0.2) is 0 Å². The molecule has 2 aromatic rings. The molecule has 3 nitrogen and oxygen atoms in total. The van der Waals surface area contributed by atoms with Crippen molar-refractivity contribution in [3.8, 4) is 0 Å². The highest BCUT2D eigenvalue weighted by atomic mass is 79.9. The van der Waals surface area contributed by atoms with E-state index in [1.54, 1.807) is 0 Å². The molecule has 0 aliphatic rings. The van der Waals surface area contributed by atoms with Crippen LogP contribution in [-0.4, -0.2) is 9.97 Å². The Bertz CT molecular complexity index is 400. The van der Waals surface area contributed by atoms with E-state index in [9.17, 15) is 0 Å². The molecular weight excluding hydrogens is 231 g/mol. The molecule has 11 heavy (non-hydrogen) atoms. The maximum atomic E-state index is 5.76. The van der Waals surface area contributed by atoms with Crippen molar-refractivity contribution in [2.45, 2.75) is 0 Å². The van der Waals surface area contributed by atoms with E-state index in [0.29, 0.717) is 16.3 Å². The van der Waals surface area contributed by atoms with Crippen LogP contribution < -0.4 is 0 Å². The maximum absolute atomic E-state index is 5.76. The Morgan fingerprint density at radius 1 is 1.45 bits per heavy atom. The molecule has 0 bridgehead atoms. The zero-order chi connectivity index (χ0) is 7.84. The highest BCUT2D eigenvalue weighted by Crippen LogP contribution is 2.28. The average molecular weight is 233 g/mol. The van der Waals surface area contributed by atoms with Gasteiger partial charge in [-0.05, 0) is 15.9 Å². The fourth-order valence-corrected chi connectivity index (χ4v) is 1.60. The number of fused-ring (bicyclic) bond motifs is 1. The molecule has 0 fully saturated rings. The van der Waals surface area contributed by atoms with Crippen LogP contribution in [-0.2, 0) is 0 Å². The lowest BCUT2D eigenvalue weighted by Crippen LogP contribution is -1.78. The lowest BCUT2D eigenvalue weighted by atomic mass is 10.4. The summed E-state index contributed by atoms with van der Waals surface area (Å²) in [4.78, 5) is 7.68. The molecule has 5 heteroatoms. The van der Waals surface area contributed by atoms with Gasteiger partial charge in [0.05, 0.1) is 9.86 Å². The van der Waals surface area contributed by atoms with Gasteiger partial charge in [-0.25, -0.2) is 9.97 Å². The third-order valence-corrected chi connectivity index (χ3v) is 2.15. The third kappa shape index (κ3) is 1.02. The Balaban J connectivity index is 2.96.